The molecule has 0 unspecified atom stereocenters. The van der Waals surface area contributed by atoms with Crippen molar-refractivity contribution >= 4 is 10.9 Å². The Kier molecular flexibility index (Phi) is 4.41. The standard InChI is InChI=1S/C21H28N2O3/c1-13-8-14(2)19-15(9-13)10-16(20(25)22-19)12-23-7-6-21(26-3)5-4-17(24)11-18(21)23/h8-10,17-18,24H,4-7,11-12H2,1-3H3,(H,22,25)/t17-,18+,21-/m1/s1. The zero-order valence-electron chi connectivity index (χ0n) is 15.8. The largest absolute Gasteiger partial charge is 0.393 e. The van der Waals surface area contributed by atoms with Gasteiger partial charge in [-0.25, -0.2) is 0 Å². The number of H-pyrrole nitrogens is 1. The van der Waals surface area contributed by atoms with Crippen molar-refractivity contribution in [2.75, 3.05) is 13.7 Å². The lowest BCUT2D eigenvalue weighted by molar-refractivity contribution is -0.0879. The molecular weight excluding hydrogens is 328 g/mol. The number of likely N-dealkylation sites (tertiary alicyclic amines) is 1. The first kappa shape index (κ1) is 17.7. The van der Waals surface area contributed by atoms with Gasteiger partial charge in [-0.15, -0.1) is 0 Å². The summed E-state index contributed by atoms with van der Waals surface area (Å²) in [5.74, 6) is 0. The van der Waals surface area contributed by atoms with E-state index in [0.717, 1.165) is 54.3 Å². The smallest absolute Gasteiger partial charge is 0.252 e. The highest BCUT2D eigenvalue weighted by molar-refractivity contribution is 5.82. The van der Waals surface area contributed by atoms with Gasteiger partial charge in [0.1, 0.15) is 0 Å². The highest BCUT2D eigenvalue weighted by Crippen LogP contribution is 2.42. The molecular formula is C21H28N2O3. The van der Waals surface area contributed by atoms with Gasteiger partial charge in [-0.3, -0.25) is 9.69 Å². The molecule has 5 heteroatoms. The third-order valence-electron chi connectivity index (χ3n) is 6.42. The van der Waals surface area contributed by atoms with Crippen molar-refractivity contribution in [3.63, 3.8) is 0 Å². The molecule has 0 spiro atoms. The Balaban J connectivity index is 1.67. The molecule has 1 aromatic carbocycles. The van der Waals surface area contributed by atoms with Crippen LogP contribution in [0, 0.1) is 13.8 Å². The second kappa shape index (κ2) is 6.48. The molecule has 4 rings (SSSR count). The van der Waals surface area contributed by atoms with Crippen LogP contribution in [0.3, 0.4) is 0 Å². The number of methoxy groups -OCH3 is 1. The maximum atomic E-state index is 12.7. The van der Waals surface area contributed by atoms with Crippen LogP contribution in [0.4, 0.5) is 0 Å². The summed E-state index contributed by atoms with van der Waals surface area (Å²) in [6.45, 7) is 5.60. The Morgan fingerprint density at radius 1 is 1.31 bits per heavy atom. The van der Waals surface area contributed by atoms with Crippen molar-refractivity contribution < 1.29 is 9.84 Å². The summed E-state index contributed by atoms with van der Waals surface area (Å²) in [6, 6.07) is 6.41. The van der Waals surface area contributed by atoms with Crippen LogP contribution in [-0.2, 0) is 11.3 Å². The number of aliphatic hydroxyl groups excluding tert-OH is 1. The predicted molar refractivity (Wildman–Crippen MR) is 102 cm³/mol. The summed E-state index contributed by atoms with van der Waals surface area (Å²) in [5, 5.41) is 11.2. The number of pyridine rings is 1. The highest BCUT2D eigenvalue weighted by Gasteiger charge is 2.50. The molecule has 0 amide bonds. The molecule has 1 aliphatic carbocycles. The van der Waals surface area contributed by atoms with E-state index in [1.165, 1.54) is 5.56 Å². The SMILES string of the molecule is CO[C@@]12CC[C@@H](O)C[C@@H]1N(Cc1cc3cc(C)cc(C)c3[nH]c1=O)CC2. The van der Waals surface area contributed by atoms with Gasteiger partial charge in [-0.05, 0) is 62.6 Å². The lowest BCUT2D eigenvalue weighted by Gasteiger charge is -2.42. The minimum absolute atomic E-state index is 0.0178. The number of rotatable bonds is 3. The molecule has 140 valence electrons. The Labute approximate surface area is 154 Å². The van der Waals surface area contributed by atoms with E-state index in [4.69, 9.17) is 4.74 Å². The highest BCUT2D eigenvalue weighted by atomic mass is 16.5. The molecule has 0 bridgehead atoms. The van der Waals surface area contributed by atoms with Crippen LogP contribution in [0.1, 0.15) is 42.4 Å². The van der Waals surface area contributed by atoms with Crippen LogP contribution in [0.2, 0.25) is 0 Å². The van der Waals surface area contributed by atoms with Gasteiger partial charge in [0.25, 0.3) is 5.56 Å². The molecule has 1 saturated carbocycles. The summed E-state index contributed by atoms with van der Waals surface area (Å²) in [6.07, 6.45) is 3.09. The number of aryl methyl sites for hydroxylation is 2. The second-order valence-corrected chi connectivity index (χ2v) is 8.10. The molecule has 1 saturated heterocycles. The Morgan fingerprint density at radius 2 is 2.12 bits per heavy atom. The topological polar surface area (TPSA) is 65.6 Å². The van der Waals surface area contributed by atoms with E-state index in [2.05, 4.69) is 28.9 Å². The number of aliphatic hydroxyl groups is 1. The van der Waals surface area contributed by atoms with E-state index in [-0.39, 0.29) is 23.3 Å². The molecule has 2 aliphatic rings. The van der Waals surface area contributed by atoms with E-state index < -0.39 is 0 Å². The zero-order valence-corrected chi connectivity index (χ0v) is 15.8. The number of nitrogens with one attached hydrogen (secondary N) is 1. The first-order valence-electron chi connectivity index (χ1n) is 9.52. The number of hydrogen-bond donors (Lipinski definition) is 2. The molecule has 2 heterocycles. The Hall–Kier alpha value is -1.69. The van der Waals surface area contributed by atoms with Crippen LogP contribution < -0.4 is 5.56 Å². The molecule has 2 N–H and O–H groups in total. The predicted octanol–water partition coefficient (Wildman–Crippen LogP) is 2.65. The normalized spacial score (nSPS) is 29.2. The number of ether oxygens (including phenoxy) is 1. The fraction of sp³-hybridized carbons (Fsp3) is 0.571. The summed E-state index contributed by atoms with van der Waals surface area (Å²) < 4.78 is 5.91. The van der Waals surface area contributed by atoms with Gasteiger partial charge >= 0.3 is 0 Å². The van der Waals surface area contributed by atoms with E-state index in [1.807, 2.05) is 13.0 Å². The zero-order chi connectivity index (χ0) is 18.5. The maximum absolute atomic E-state index is 12.7. The van der Waals surface area contributed by atoms with Gasteiger partial charge in [-0.1, -0.05) is 11.6 Å². The maximum Gasteiger partial charge on any atom is 0.252 e. The monoisotopic (exact) mass is 356 g/mol. The molecule has 3 atom stereocenters. The summed E-state index contributed by atoms with van der Waals surface area (Å²) in [7, 11) is 1.78. The Morgan fingerprint density at radius 3 is 2.88 bits per heavy atom. The molecule has 5 nitrogen and oxygen atoms in total. The fourth-order valence-corrected chi connectivity index (χ4v) is 5.03. The fourth-order valence-electron chi connectivity index (χ4n) is 5.03. The molecule has 26 heavy (non-hydrogen) atoms. The first-order valence-corrected chi connectivity index (χ1v) is 9.52. The average molecular weight is 356 g/mol. The van der Waals surface area contributed by atoms with E-state index >= 15 is 0 Å². The van der Waals surface area contributed by atoms with Crippen LogP contribution in [0.5, 0.6) is 0 Å². The van der Waals surface area contributed by atoms with Crippen LogP contribution in [0.25, 0.3) is 10.9 Å². The molecule has 1 aromatic heterocycles. The van der Waals surface area contributed by atoms with Crippen molar-refractivity contribution in [1.82, 2.24) is 9.88 Å². The average Bonchev–Trinajstić information content (AvgIpc) is 2.95. The van der Waals surface area contributed by atoms with Gasteiger partial charge < -0.3 is 14.8 Å². The van der Waals surface area contributed by atoms with Gasteiger partial charge in [-0.2, -0.15) is 0 Å². The van der Waals surface area contributed by atoms with Crippen LogP contribution in [0.15, 0.2) is 23.0 Å². The van der Waals surface area contributed by atoms with Crippen molar-refractivity contribution in [3.05, 3.63) is 45.2 Å². The second-order valence-electron chi connectivity index (χ2n) is 8.10. The van der Waals surface area contributed by atoms with E-state index in [1.54, 1.807) is 7.11 Å². The number of benzene rings is 1. The number of aromatic nitrogens is 1. The van der Waals surface area contributed by atoms with Gasteiger partial charge in [0.2, 0.25) is 0 Å². The van der Waals surface area contributed by atoms with Crippen molar-refractivity contribution in [2.45, 2.75) is 63.8 Å². The summed E-state index contributed by atoms with van der Waals surface area (Å²) >= 11 is 0. The van der Waals surface area contributed by atoms with Gasteiger partial charge in [0.05, 0.1) is 17.2 Å². The first-order chi connectivity index (χ1) is 12.4. The number of aromatic amines is 1. The molecule has 0 radical (unpaired) electrons. The molecule has 2 aromatic rings. The quantitative estimate of drug-likeness (QED) is 0.887. The van der Waals surface area contributed by atoms with Crippen LogP contribution >= 0.6 is 0 Å². The minimum Gasteiger partial charge on any atom is -0.393 e. The van der Waals surface area contributed by atoms with E-state index in [0.29, 0.717) is 6.54 Å². The Bertz CT molecular complexity index is 891. The van der Waals surface area contributed by atoms with Gasteiger partial charge in [0.15, 0.2) is 0 Å². The molecule has 2 fully saturated rings. The number of nitrogens with zero attached hydrogens (tertiary/aromatic N) is 1. The summed E-state index contributed by atoms with van der Waals surface area (Å²) in [5.41, 5.74) is 3.81. The van der Waals surface area contributed by atoms with E-state index in [9.17, 15) is 9.90 Å². The minimum atomic E-state index is -0.274. The van der Waals surface area contributed by atoms with Crippen LogP contribution in [-0.4, -0.2) is 46.4 Å². The molecule has 1 aliphatic heterocycles. The van der Waals surface area contributed by atoms with Crippen molar-refractivity contribution in [3.8, 4) is 0 Å². The lowest BCUT2D eigenvalue weighted by atomic mass is 9.79. The van der Waals surface area contributed by atoms with Crippen molar-refractivity contribution in [2.24, 2.45) is 0 Å². The number of fused-ring (bicyclic) bond motifs is 2. The third-order valence-corrected chi connectivity index (χ3v) is 6.42. The van der Waals surface area contributed by atoms with Gasteiger partial charge in [0, 0.05) is 31.8 Å². The lowest BCUT2D eigenvalue weighted by Crippen LogP contribution is -2.51. The number of hydrogen-bond acceptors (Lipinski definition) is 4. The third kappa shape index (κ3) is 2.88. The van der Waals surface area contributed by atoms with Crippen molar-refractivity contribution in [1.29, 1.82) is 0 Å². The summed E-state index contributed by atoms with van der Waals surface area (Å²) in [4.78, 5) is 18.1.